The van der Waals surface area contributed by atoms with E-state index in [9.17, 15) is 4.79 Å². The summed E-state index contributed by atoms with van der Waals surface area (Å²) in [6.07, 6.45) is 0. The third kappa shape index (κ3) is 5.18. The Hall–Kier alpha value is -2.11. The highest BCUT2D eigenvalue weighted by Gasteiger charge is 2.15. The van der Waals surface area contributed by atoms with Crippen molar-refractivity contribution in [3.63, 3.8) is 0 Å². The third-order valence-electron chi connectivity index (χ3n) is 3.54. The fourth-order valence-corrected chi connectivity index (χ4v) is 2.54. The second kappa shape index (κ2) is 8.83. The van der Waals surface area contributed by atoms with Gasteiger partial charge in [-0.15, -0.1) is 0 Å². The van der Waals surface area contributed by atoms with Crippen LogP contribution in [0.5, 0.6) is 17.2 Å². The molecule has 0 aliphatic heterocycles. The smallest absolute Gasteiger partial charge is 0.258 e. The first-order chi connectivity index (χ1) is 11.9. The van der Waals surface area contributed by atoms with E-state index in [0.29, 0.717) is 27.3 Å². The molecule has 0 saturated carbocycles. The molecule has 0 bridgehead atoms. The summed E-state index contributed by atoms with van der Waals surface area (Å²) in [6, 6.07) is 9.95. The van der Waals surface area contributed by atoms with E-state index < -0.39 is 0 Å². The normalized spacial score (nSPS) is 11.6. The number of halogens is 2. The van der Waals surface area contributed by atoms with Gasteiger partial charge >= 0.3 is 0 Å². The lowest BCUT2D eigenvalue weighted by Crippen LogP contribution is -2.31. The van der Waals surface area contributed by atoms with Gasteiger partial charge in [0.1, 0.15) is 17.2 Å². The first kappa shape index (κ1) is 19.2. The molecule has 5 nitrogen and oxygen atoms in total. The van der Waals surface area contributed by atoms with Gasteiger partial charge < -0.3 is 19.5 Å². The van der Waals surface area contributed by atoms with Crippen LogP contribution in [0.3, 0.4) is 0 Å². The Kier molecular flexibility index (Phi) is 6.79. The monoisotopic (exact) mass is 383 g/mol. The molecule has 1 atom stereocenters. The molecule has 0 aliphatic carbocycles. The summed E-state index contributed by atoms with van der Waals surface area (Å²) < 4.78 is 16.0. The minimum absolute atomic E-state index is 0.144. The average Bonchev–Trinajstić information content (AvgIpc) is 2.62. The molecular formula is C18H19Cl2NO4. The Balaban J connectivity index is 1.99. The van der Waals surface area contributed by atoms with Crippen LogP contribution in [-0.2, 0) is 4.79 Å². The van der Waals surface area contributed by atoms with Crippen LogP contribution < -0.4 is 19.5 Å². The number of hydrogen-bond acceptors (Lipinski definition) is 4. The second-order valence-corrected chi connectivity index (χ2v) is 6.08. The van der Waals surface area contributed by atoms with Gasteiger partial charge in [-0.05, 0) is 37.3 Å². The van der Waals surface area contributed by atoms with Gasteiger partial charge in [-0.2, -0.15) is 0 Å². The van der Waals surface area contributed by atoms with Crippen molar-refractivity contribution in [1.82, 2.24) is 5.32 Å². The van der Waals surface area contributed by atoms with Crippen LogP contribution in [0.2, 0.25) is 10.0 Å². The van der Waals surface area contributed by atoms with Crippen LogP contribution in [-0.4, -0.2) is 26.7 Å². The van der Waals surface area contributed by atoms with Crippen LogP contribution in [0.4, 0.5) is 0 Å². The maximum atomic E-state index is 12.1. The lowest BCUT2D eigenvalue weighted by atomic mass is 10.1. The number of nitrogens with one attached hydrogen (secondary N) is 1. The topological polar surface area (TPSA) is 56.8 Å². The molecule has 0 spiro atoms. The molecule has 1 amide bonds. The summed E-state index contributed by atoms with van der Waals surface area (Å²) >= 11 is 11.8. The van der Waals surface area contributed by atoms with E-state index in [4.69, 9.17) is 37.4 Å². The van der Waals surface area contributed by atoms with E-state index in [1.165, 1.54) is 0 Å². The molecule has 25 heavy (non-hydrogen) atoms. The number of hydrogen-bond donors (Lipinski definition) is 1. The minimum atomic E-state index is -0.282. The number of rotatable bonds is 7. The molecular weight excluding hydrogens is 365 g/mol. The quantitative estimate of drug-likeness (QED) is 0.775. The van der Waals surface area contributed by atoms with Crippen molar-refractivity contribution < 1.29 is 19.0 Å². The number of amides is 1. The maximum absolute atomic E-state index is 12.1. The zero-order valence-corrected chi connectivity index (χ0v) is 15.6. The highest BCUT2D eigenvalue weighted by Crippen LogP contribution is 2.29. The van der Waals surface area contributed by atoms with Crippen molar-refractivity contribution in [1.29, 1.82) is 0 Å². The van der Waals surface area contributed by atoms with Crippen molar-refractivity contribution in [3.8, 4) is 17.2 Å². The molecule has 0 fully saturated rings. The lowest BCUT2D eigenvalue weighted by Gasteiger charge is -2.18. The van der Waals surface area contributed by atoms with Gasteiger partial charge in [-0.25, -0.2) is 0 Å². The van der Waals surface area contributed by atoms with Gasteiger partial charge in [-0.1, -0.05) is 23.2 Å². The lowest BCUT2D eigenvalue weighted by molar-refractivity contribution is -0.123. The molecule has 0 aliphatic rings. The molecule has 2 aromatic rings. The molecule has 0 heterocycles. The third-order valence-corrected chi connectivity index (χ3v) is 4.28. The summed E-state index contributed by atoms with van der Waals surface area (Å²) in [4.78, 5) is 12.1. The Morgan fingerprint density at radius 1 is 1.04 bits per heavy atom. The van der Waals surface area contributed by atoms with E-state index in [1.54, 1.807) is 44.6 Å². The average molecular weight is 384 g/mol. The molecule has 0 unspecified atom stereocenters. The highest BCUT2D eigenvalue weighted by atomic mass is 35.5. The SMILES string of the molecule is COc1ccc(OC)c([C@H](C)NC(=O)COc2ccc(Cl)c(Cl)c2)c1. The highest BCUT2D eigenvalue weighted by molar-refractivity contribution is 6.42. The van der Waals surface area contributed by atoms with Crippen molar-refractivity contribution in [3.05, 3.63) is 52.0 Å². The van der Waals surface area contributed by atoms with Crippen molar-refractivity contribution in [2.24, 2.45) is 0 Å². The molecule has 2 aromatic carbocycles. The van der Waals surface area contributed by atoms with Gasteiger partial charge in [0.05, 0.1) is 30.3 Å². The summed E-state index contributed by atoms with van der Waals surface area (Å²) in [6.45, 7) is 1.71. The van der Waals surface area contributed by atoms with Crippen LogP contribution in [0.1, 0.15) is 18.5 Å². The molecule has 0 aromatic heterocycles. The van der Waals surface area contributed by atoms with Crippen molar-refractivity contribution >= 4 is 29.1 Å². The first-order valence-corrected chi connectivity index (χ1v) is 8.29. The molecule has 0 saturated heterocycles. The maximum Gasteiger partial charge on any atom is 0.258 e. The molecule has 2 rings (SSSR count). The Labute approximate surface area is 156 Å². The predicted molar refractivity (Wildman–Crippen MR) is 98.1 cm³/mol. The number of methoxy groups -OCH3 is 2. The van der Waals surface area contributed by atoms with E-state index in [0.717, 1.165) is 5.56 Å². The fraction of sp³-hybridized carbons (Fsp3) is 0.278. The van der Waals surface area contributed by atoms with Crippen molar-refractivity contribution in [2.75, 3.05) is 20.8 Å². The van der Waals surface area contributed by atoms with Gasteiger partial charge in [0, 0.05) is 11.6 Å². The zero-order valence-electron chi connectivity index (χ0n) is 14.1. The number of carbonyl (C=O) groups is 1. The molecule has 1 N–H and O–H groups in total. The largest absolute Gasteiger partial charge is 0.497 e. The summed E-state index contributed by atoms with van der Waals surface area (Å²) in [5.74, 6) is 1.54. The molecule has 0 radical (unpaired) electrons. The van der Waals surface area contributed by atoms with Gasteiger partial charge in [0.15, 0.2) is 6.61 Å². The Morgan fingerprint density at radius 3 is 2.40 bits per heavy atom. The first-order valence-electron chi connectivity index (χ1n) is 7.53. The van der Waals surface area contributed by atoms with E-state index in [1.807, 2.05) is 13.0 Å². The van der Waals surface area contributed by atoms with Crippen LogP contribution in [0.15, 0.2) is 36.4 Å². The van der Waals surface area contributed by atoms with E-state index in [-0.39, 0.29) is 18.6 Å². The van der Waals surface area contributed by atoms with E-state index >= 15 is 0 Å². The predicted octanol–water partition coefficient (Wildman–Crippen LogP) is 4.27. The van der Waals surface area contributed by atoms with Crippen molar-refractivity contribution in [2.45, 2.75) is 13.0 Å². The summed E-state index contributed by atoms with van der Waals surface area (Å²) in [5.41, 5.74) is 0.810. The molecule has 7 heteroatoms. The number of carbonyl (C=O) groups excluding carboxylic acids is 1. The fourth-order valence-electron chi connectivity index (χ4n) is 2.25. The Bertz CT molecular complexity index is 752. The summed E-state index contributed by atoms with van der Waals surface area (Å²) in [5, 5.41) is 3.66. The molecule has 134 valence electrons. The van der Waals surface area contributed by atoms with Crippen LogP contribution >= 0.6 is 23.2 Å². The van der Waals surface area contributed by atoms with Gasteiger partial charge in [0.25, 0.3) is 5.91 Å². The second-order valence-electron chi connectivity index (χ2n) is 5.26. The summed E-state index contributed by atoms with van der Waals surface area (Å²) in [7, 11) is 3.16. The standard InChI is InChI=1S/C18H19Cl2NO4/c1-11(14-8-12(23-2)5-7-17(14)24-3)21-18(22)10-25-13-4-6-15(19)16(20)9-13/h4-9,11H,10H2,1-3H3,(H,21,22)/t11-/m0/s1. The number of ether oxygens (including phenoxy) is 3. The zero-order chi connectivity index (χ0) is 18.4. The van der Waals surface area contributed by atoms with Gasteiger partial charge in [-0.3, -0.25) is 4.79 Å². The van der Waals surface area contributed by atoms with Crippen LogP contribution in [0, 0.1) is 0 Å². The minimum Gasteiger partial charge on any atom is -0.497 e. The van der Waals surface area contributed by atoms with E-state index in [2.05, 4.69) is 5.32 Å². The van der Waals surface area contributed by atoms with Crippen LogP contribution in [0.25, 0.3) is 0 Å². The van der Waals surface area contributed by atoms with Gasteiger partial charge in [0.2, 0.25) is 0 Å². The Morgan fingerprint density at radius 2 is 1.76 bits per heavy atom. The number of benzene rings is 2.